The van der Waals surface area contributed by atoms with Crippen LogP contribution in [0.25, 0.3) is 0 Å². The van der Waals surface area contributed by atoms with Crippen LogP contribution in [0.1, 0.15) is 32.4 Å². The summed E-state index contributed by atoms with van der Waals surface area (Å²) in [5.74, 6) is 0.806. The predicted octanol–water partition coefficient (Wildman–Crippen LogP) is 1.66. The Morgan fingerprint density at radius 2 is 2.50 bits per heavy atom. The van der Waals surface area contributed by atoms with E-state index in [-0.39, 0.29) is 0 Å². The van der Waals surface area contributed by atoms with Gasteiger partial charge in [0.15, 0.2) is 0 Å². The Morgan fingerprint density at radius 1 is 1.61 bits per heavy atom. The Labute approximate surface area is 110 Å². The van der Waals surface area contributed by atoms with Crippen LogP contribution in [0.5, 0.6) is 0 Å². The third-order valence-corrected chi connectivity index (χ3v) is 4.11. The quantitative estimate of drug-likeness (QED) is 0.807. The molecule has 0 amide bonds. The molecule has 2 atom stereocenters. The summed E-state index contributed by atoms with van der Waals surface area (Å²) in [6, 6.07) is 0.613. The topological polar surface area (TPSA) is 44.0 Å². The number of piperidine rings is 1. The van der Waals surface area contributed by atoms with Gasteiger partial charge < -0.3 is 15.2 Å². The van der Waals surface area contributed by atoms with Crippen LogP contribution < -0.4 is 5.32 Å². The number of imidazole rings is 1. The molecule has 102 valence electrons. The van der Waals surface area contributed by atoms with Crippen LogP contribution in [0.15, 0.2) is 12.5 Å². The lowest BCUT2D eigenvalue weighted by molar-refractivity contribution is 0.157. The Hall–Kier alpha value is -0.870. The van der Waals surface area contributed by atoms with Gasteiger partial charge in [-0.15, -0.1) is 0 Å². The molecule has 4 heteroatoms. The minimum Gasteiger partial charge on any atom is -0.348 e. The number of aromatic amines is 1. The summed E-state index contributed by atoms with van der Waals surface area (Å²) in [7, 11) is 0. The van der Waals surface area contributed by atoms with Crippen LogP contribution in [0.2, 0.25) is 0 Å². The van der Waals surface area contributed by atoms with Gasteiger partial charge in [-0.2, -0.15) is 0 Å². The number of hydrogen-bond acceptors (Lipinski definition) is 3. The minimum absolute atomic E-state index is 0.613. The van der Waals surface area contributed by atoms with Crippen LogP contribution in [-0.4, -0.2) is 47.1 Å². The minimum atomic E-state index is 0.613. The molecule has 2 unspecified atom stereocenters. The zero-order valence-corrected chi connectivity index (χ0v) is 11.7. The molecule has 1 aliphatic rings. The van der Waals surface area contributed by atoms with E-state index in [0.717, 1.165) is 18.9 Å². The average molecular weight is 250 g/mol. The first-order chi connectivity index (χ1) is 8.79. The maximum atomic E-state index is 4.04. The van der Waals surface area contributed by atoms with Crippen molar-refractivity contribution in [1.82, 2.24) is 20.2 Å². The molecular formula is C14H26N4. The largest absolute Gasteiger partial charge is 0.348 e. The lowest BCUT2D eigenvalue weighted by Gasteiger charge is -2.35. The number of rotatable bonds is 6. The molecule has 2 heterocycles. The fourth-order valence-electron chi connectivity index (χ4n) is 2.81. The molecule has 0 aromatic carbocycles. The molecule has 0 aliphatic carbocycles. The fraction of sp³-hybridized carbons (Fsp3) is 0.786. The molecule has 0 spiro atoms. The van der Waals surface area contributed by atoms with Gasteiger partial charge in [0.2, 0.25) is 0 Å². The molecule has 0 saturated carbocycles. The number of hydrogen-bond donors (Lipinski definition) is 2. The zero-order valence-electron chi connectivity index (χ0n) is 11.7. The molecule has 1 aliphatic heterocycles. The summed E-state index contributed by atoms with van der Waals surface area (Å²) in [6.07, 6.45) is 7.42. The van der Waals surface area contributed by atoms with Crippen molar-refractivity contribution in [3.8, 4) is 0 Å². The van der Waals surface area contributed by atoms with Gasteiger partial charge in [-0.05, 0) is 38.8 Å². The maximum absolute atomic E-state index is 4.04. The average Bonchev–Trinajstić information content (AvgIpc) is 2.92. The van der Waals surface area contributed by atoms with Crippen molar-refractivity contribution in [2.75, 3.05) is 26.2 Å². The lowest BCUT2D eigenvalue weighted by Crippen LogP contribution is -2.44. The van der Waals surface area contributed by atoms with E-state index in [1.54, 1.807) is 6.33 Å². The van der Waals surface area contributed by atoms with Crippen LogP contribution >= 0.6 is 0 Å². The number of H-pyrrole nitrogens is 1. The summed E-state index contributed by atoms with van der Waals surface area (Å²) >= 11 is 0. The van der Waals surface area contributed by atoms with E-state index in [0.29, 0.717) is 6.04 Å². The Morgan fingerprint density at radius 3 is 3.22 bits per heavy atom. The fourth-order valence-corrected chi connectivity index (χ4v) is 2.81. The van der Waals surface area contributed by atoms with E-state index in [4.69, 9.17) is 0 Å². The van der Waals surface area contributed by atoms with Gasteiger partial charge in [-0.25, -0.2) is 4.98 Å². The Kier molecular flexibility index (Phi) is 5.20. The third kappa shape index (κ3) is 3.82. The van der Waals surface area contributed by atoms with Gasteiger partial charge in [-0.3, -0.25) is 0 Å². The lowest BCUT2D eigenvalue weighted by atomic mass is 9.91. The maximum Gasteiger partial charge on any atom is 0.0921 e. The zero-order chi connectivity index (χ0) is 12.8. The molecule has 1 saturated heterocycles. The monoisotopic (exact) mass is 250 g/mol. The summed E-state index contributed by atoms with van der Waals surface area (Å²) < 4.78 is 0. The van der Waals surface area contributed by atoms with Gasteiger partial charge in [0.05, 0.1) is 6.33 Å². The standard InChI is InChI=1S/C14H26N4/c1-3-18-8-4-5-13(10-18)12(2)16-7-6-14-9-15-11-17-14/h9,11-13,16H,3-8,10H2,1-2H3,(H,15,17). The molecule has 0 bridgehead atoms. The summed E-state index contributed by atoms with van der Waals surface area (Å²) in [4.78, 5) is 9.76. The van der Waals surface area contributed by atoms with E-state index < -0.39 is 0 Å². The molecule has 1 aromatic rings. The van der Waals surface area contributed by atoms with Crippen molar-refractivity contribution in [3.05, 3.63) is 18.2 Å². The molecular weight excluding hydrogens is 224 g/mol. The second-order valence-electron chi connectivity index (χ2n) is 5.37. The summed E-state index contributed by atoms with van der Waals surface area (Å²) in [6.45, 7) is 9.36. The molecule has 2 N–H and O–H groups in total. The van der Waals surface area contributed by atoms with E-state index in [1.807, 2.05) is 6.20 Å². The van der Waals surface area contributed by atoms with Crippen molar-refractivity contribution >= 4 is 0 Å². The van der Waals surface area contributed by atoms with Crippen LogP contribution in [0.4, 0.5) is 0 Å². The second kappa shape index (κ2) is 6.90. The third-order valence-electron chi connectivity index (χ3n) is 4.11. The number of nitrogens with zero attached hydrogens (tertiary/aromatic N) is 2. The van der Waals surface area contributed by atoms with Crippen molar-refractivity contribution < 1.29 is 0 Å². The van der Waals surface area contributed by atoms with Crippen LogP contribution in [0, 0.1) is 5.92 Å². The summed E-state index contributed by atoms with van der Waals surface area (Å²) in [5, 5.41) is 3.66. The highest BCUT2D eigenvalue weighted by Gasteiger charge is 2.23. The van der Waals surface area contributed by atoms with Crippen molar-refractivity contribution in [2.45, 2.75) is 39.2 Å². The van der Waals surface area contributed by atoms with Crippen molar-refractivity contribution in [1.29, 1.82) is 0 Å². The number of aromatic nitrogens is 2. The molecule has 1 aromatic heterocycles. The molecule has 0 radical (unpaired) electrons. The highest BCUT2D eigenvalue weighted by molar-refractivity contribution is 4.94. The molecule has 18 heavy (non-hydrogen) atoms. The molecule has 1 fully saturated rings. The van der Waals surface area contributed by atoms with Gasteiger partial charge in [0, 0.05) is 37.4 Å². The second-order valence-corrected chi connectivity index (χ2v) is 5.37. The van der Waals surface area contributed by atoms with Crippen molar-refractivity contribution in [2.24, 2.45) is 5.92 Å². The normalized spacial score (nSPS) is 23.1. The smallest absolute Gasteiger partial charge is 0.0921 e. The van der Waals surface area contributed by atoms with Crippen molar-refractivity contribution in [3.63, 3.8) is 0 Å². The van der Waals surface area contributed by atoms with E-state index in [9.17, 15) is 0 Å². The molecule has 4 nitrogen and oxygen atoms in total. The van der Waals surface area contributed by atoms with Crippen LogP contribution in [0.3, 0.4) is 0 Å². The number of nitrogens with one attached hydrogen (secondary N) is 2. The predicted molar refractivity (Wildman–Crippen MR) is 74.6 cm³/mol. The molecule has 2 rings (SSSR count). The van der Waals surface area contributed by atoms with Gasteiger partial charge in [0.1, 0.15) is 0 Å². The van der Waals surface area contributed by atoms with Gasteiger partial charge in [-0.1, -0.05) is 6.92 Å². The SMILES string of the molecule is CCN1CCCC(C(C)NCCc2cnc[nH]2)C1. The Balaban J connectivity index is 1.68. The van der Waals surface area contributed by atoms with E-state index >= 15 is 0 Å². The van der Waals surface area contributed by atoms with Crippen LogP contribution in [-0.2, 0) is 6.42 Å². The van der Waals surface area contributed by atoms with Gasteiger partial charge in [0.25, 0.3) is 0 Å². The first kappa shape index (κ1) is 13.6. The Bertz CT molecular complexity index is 323. The van der Waals surface area contributed by atoms with E-state index in [1.165, 1.54) is 38.2 Å². The highest BCUT2D eigenvalue weighted by Crippen LogP contribution is 2.19. The highest BCUT2D eigenvalue weighted by atomic mass is 15.1. The number of likely N-dealkylation sites (tertiary alicyclic amines) is 1. The first-order valence-electron chi connectivity index (χ1n) is 7.22. The first-order valence-corrected chi connectivity index (χ1v) is 7.22. The summed E-state index contributed by atoms with van der Waals surface area (Å²) in [5.41, 5.74) is 1.22. The van der Waals surface area contributed by atoms with E-state index in [2.05, 4.69) is 34.0 Å². The van der Waals surface area contributed by atoms with Gasteiger partial charge >= 0.3 is 0 Å².